The van der Waals surface area contributed by atoms with Crippen molar-refractivity contribution in [2.75, 3.05) is 7.11 Å². The molecule has 0 saturated carbocycles. The number of hydrogen-bond acceptors (Lipinski definition) is 3. The molecule has 4 heteroatoms. The number of carbonyl (C=O) groups excluding carboxylic acids is 1. The van der Waals surface area contributed by atoms with Gasteiger partial charge in [-0.2, -0.15) is 0 Å². The van der Waals surface area contributed by atoms with Gasteiger partial charge in [-0.25, -0.2) is 0 Å². The Kier molecular flexibility index (Phi) is 3.77. The largest absolute Gasteiger partial charge is 0.497 e. The Hall–Kier alpha value is -1.68. The number of halogens is 1. The van der Waals surface area contributed by atoms with Gasteiger partial charge in [0.1, 0.15) is 5.75 Å². The van der Waals surface area contributed by atoms with E-state index in [2.05, 4.69) is 20.9 Å². The second-order valence-corrected chi connectivity index (χ2v) is 4.72. The second-order valence-electron chi connectivity index (χ2n) is 3.87. The molecule has 1 heterocycles. The van der Waals surface area contributed by atoms with Crippen molar-refractivity contribution in [3.8, 4) is 5.75 Å². The number of hydrogen-bond donors (Lipinski definition) is 0. The SMILES string of the molecule is COc1ccc(Br)c(C(=O)c2cnccc2C)c1. The topological polar surface area (TPSA) is 39.2 Å². The Bertz CT molecular complexity index is 596. The lowest BCUT2D eigenvalue weighted by molar-refractivity contribution is 0.103. The van der Waals surface area contributed by atoms with E-state index in [-0.39, 0.29) is 5.78 Å². The fraction of sp³-hybridized carbons (Fsp3) is 0.143. The first-order valence-corrected chi connectivity index (χ1v) is 6.21. The van der Waals surface area contributed by atoms with E-state index in [0.717, 1.165) is 10.0 Å². The summed E-state index contributed by atoms with van der Waals surface area (Å²) in [7, 11) is 1.58. The van der Waals surface area contributed by atoms with Gasteiger partial charge in [0.15, 0.2) is 5.78 Å². The molecule has 92 valence electrons. The summed E-state index contributed by atoms with van der Waals surface area (Å²) in [5, 5.41) is 0. The zero-order valence-corrected chi connectivity index (χ0v) is 11.7. The third-order valence-corrected chi connectivity index (χ3v) is 3.39. The van der Waals surface area contributed by atoms with E-state index in [1.54, 1.807) is 37.7 Å². The molecule has 0 bridgehead atoms. The molecule has 0 spiro atoms. The van der Waals surface area contributed by atoms with Crippen molar-refractivity contribution in [1.82, 2.24) is 4.98 Å². The fourth-order valence-corrected chi connectivity index (χ4v) is 2.08. The van der Waals surface area contributed by atoms with Gasteiger partial charge in [0.2, 0.25) is 0 Å². The summed E-state index contributed by atoms with van der Waals surface area (Å²) in [5.74, 6) is 0.592. The maximum absolute atomic E-state index is 12.4. The van der Waals surface area contributed by atoms with Crippen LogP contribution < -0.4 is 4.74 Å². The van der Waals surface area contributed by atoms with Gasteiger partial charge < -0.3 is 4.74 Å². The third kappa shape index (κ3) is 2.43. The molecule has 0 N–H and O–H groups in total. The lowest BCUT2D eigenvalue weighted by Crippen LogP contribution is -2.05. The Morgan fingerprint density at radius 1 is 1.28 bits per heavy atom. The Balaban J connectivity index is 2.49. The Morgan fingerprint density at radius 2 is 2.06 bits per heavy atom. The molecule has 3 nitrogen and oxygen atoms in total. The van der Waals surface area contributed by atoms with E-state index in [1.165, 1.54) is 0 Å². The average molecular weight is 306 g/mol. The number of nitrogens with zero attached hydrogens (tertiary/aromatic N) is 1. The van der Waals surface area contributed by atoms with Gasteiger partial charge in [0.05, 0.1) is 7.11 Å². The fourth-order valence-electron chi connectivity index (χ4n) is 1.65. The predicted octanol–water partition coefficient (Wildman–Crippen LogP) is 3.39. The minimum atomic E-state index is -0.0635. The number of carbonyl (C=O) groups is 1. The highest BCUT2D eigenvalue weighted by atomic mass is 79.9. The number of pyridine rings is 1. The normalized spacial score (nSPS) is 10.2. The second kappa shape index (κ2) is 5.31. The summed E-state index contributed by atoms with van der Waals surface area (Å²) in [6.45, 7) is 1.89. The van der Waals surface area contributed by atoms with Crippen LogP contribution in [0.15, 0.2) is 41.1 Å². The van der Waals surface area contributed by atoms with E-state index in [9.17, 15) is 4.79 Å². The molecular weight excluding hydrogens is 294 g/mol. The number of aryl methyl sites for hydroxylation is 1. The highest BCUT2D eigenvalue weighted by Crippen LogP contribution is 2.25. The van der Waals surface area contributed by atoms with Crippen LogP contribution in [0.5, 0.6) is 5.75 Å². The molecule has 0 saturated heterocycles. The first-order valence-electron chi connectivity index (χ1n) is 5.42. The maximum atomic E-state index is 12.4. The van der Waals surface area contributed by atoms with Gasteiger partial charge in [-0.1, -0.05) is 15.9 Å². The minimum absolute atomic E-state index is 0.0635. The van der Waals surface area contributed by atoms with E-state index >= 15 is 0 Å². The molecule has 0 atom stereocenters. The smallest absolute Gasteiger partial charge is 0.196 e. The zero-order chi connectivity index (χ0) is 13.1. The predicted molar refractivity (Wildman–Crippen MR) is 73.1 cm³/mol. The standard InChI is InChI=1S/C14H12BrNO2/c1-9-5-6-16-8-12(9)14(17)11-7-10(18-2)3-4-13(11)15/h3-8H,1-2H3. The van der Waals surface area contributed by atoms with E-state index in [0.29, 0.717) is 16.9 Å². The molecule has 0 aliphatic heterocycles. The first-order chi connectivity index (χ1) is 8.63. The summed E-state index contributed by atoms with van der Waals surface area (Å²) >= 11 is 3.39. The van der Waals surface area contributed by atoms with Gasteiger partial charge in [0.25, 0.3) is 0 Å². The van der Waals surface area contributed by atoms with Gasteiger partial charge >= 0.3 is 0 Å². The van der Waals surface area contributed by atoms with E-state index < -0.39 is 0 Å². The lowest BCUT2D eigenvalue weighted by atomic mass is 10.0. The Labute approximate surface area is 114 Å². The van der Waals surface area contributed by atoms with E-state index in [1.807, 2.05) is 13.0 Å². The van der Waals surface area contributed by atoms with Crippen LogP contribution in [0.25, 0.3) is 0 Å². The molecule has 0 unspecified atom stereocenters. The van der Waals surface area contributed by atoms with Crippen LogP contribution in [-0.4, -0.2) is 17.9 Å². The van der Waals surface area contributed by atoms with Crippen LogP contribution in [0, 0.1) is 6.92 Å². The summed E-state index contributed by atoms with van der Waals surface area (Å²) in [6.07, 6.45) is 3.26. The van der Waals surface area contributed by atoms with Crippen molar-refractivity contribution in [3.63, 3.8) is 0 Å². The zero-order valence-electron chi connectivity index (χ0n) is 10.1. The number of benzene rings is 1. The van der Waals surface area contributed by atoms with Crippen molar-refractivity contribution in [2.45, 2.75) is 6.92 Å². The third-order valence-electron chi connectivity index (χ3n) is 2.70. The molecule has 2 aromatic rings. The van der Waals surface area contributed by atoms with Crippen LogP contribution in [0.1, 0.15) is 21.5 Å². The molecule has 0 aliphatic carbocycles. The molecule has 0 aliphatic rings. The summed E-state index contributed by atoms with van der Waals surface area (Å²) in [4.78, 5) is 16.4. The van der Waals surface area contributed by atoms with Crippen LogP contribution in [0.2, 0.25) is 0 Å². The van der Waals surface area contributed by atoms with Crippen molar-refractivity contribution < 1.29 is 9.53 Å². The molecular formula is C14H12BrNO2. The van der Waals surface area contributed by atoms with Crippen LogP contribution in [0.3, 0.4) is 0 Å². The van der Waals surface area contributed by atoms with Crippen LogP contribution in [0.4, 0.5) is 0 Å². The van der Waals surface area contributed by atoms with Crippen LogP contribution in [-0.2, 0) is 0 Å². The summed E-state index contributed by atoms with van der Waals surface area (Å²) in [5.41, 5.74) is 2.08. The van der Waals surface area contributed by atoms with Crippen molar-refractivity contribution in [3.05, 3.63) is 57.8 Å². The summed E-state index contributed by atoms with van der Waals surface area (Å²) in [6, 6.07) is 7.15. The molecule has 0 fully saturated rings. The molecule has 1 aromatic heterocycles. The highest BCUT2D eigenvalue weighted by molar-refractivity contribution is 9.10. The number of ketones is 1. The average Bonchev–Trinajstić information content (AvgIpc) is 2.39. The number of ether oxygens (including phenoxy) is 1. The quantitative estimate of drug-likeness (QED) is 0.816. The molecule has 1 aromatic carbocycles. The molecule has 18 heavy (non-hydrogen) atoms. The minimum Gasteiger partial charge on any atom is -0.497 e. The molecule has 0 radical (unpaired) electrons. The van der Waals surface area contributed by atoms with Crippen molar-refractivity contribution >= 4 is 21.7 Å². The maximum Gasteiger partial charge on any atom is 0.196 e. The van der Waals surface area contributed by atoms with Gasteiger partial charge in [-0.3, -0.25) is 9.78 Å². The Morgan fingerprint density at radius 3 is 2.72 bits per heavy atom. The van der Waals surface area contributed by atoms with Gasteiger partial charge in [-0.15, -0.1) is 0 Å². The van der Waals surface area contributed by atoms with Gasteiger partial charge in [-0.05, 0) is 36.8 Å². The monoisotopic (exact) mass is 305 g/mol. The van der Waals surface area contributed by atoms with Crippen LogP contribution >= 0.6 is 15.9 Å². The molecule has 0 amide bonds. The highest BCUT2D eigenvalue weighted by Gasteiger charge is 2.15. The van der Waals surface area contributed by atoms with Gasteiger partial charge in [0, 0.05) is 28.0 Å². The molecule has 2 rings (SSSR count). The number of aromatic nitrogens is 1. The summed E-state index contributed by atoms with van der Waals surface area (Å²) < 4.78 is 5.88. The number of methoxy groups -OCH3 is 1. The number of rotatable bonds is 3. The van der Waals surface area contributed by atoms with Crippen molar-refractivity contribution in [1.29, 1.82) is 0 Å². The van der Waals surface area contributed by atoms with E-state index in [4.69, 9.17) is 4.74 Å². The first kappa shape index (κ1) is 12.8. The van der Waals surface area contributed by atoms with Crippen molar-refractivity contribution in [2.24, 2.45) is 0 Å². The lowest BCUT2D eigenvalue weighted by Gasteiger charge is -2.08.